The molecule has 5 heteroatoms. The van der Waals surface area contributed by atoms with Crippen molar-refractivity contribution in [3.05, 3.63) is 15.9 Å². The third-order valence-electron chi connectivity index (χ3n) is 3.29. The highest BCUT2D eigenvalue weighted by molar-refractivity contribution is 9.10. The first-order valence-corrected chi connectivity index (χ1v) is 8.08. The Morgan fingerprint density at radius 2 is 2.00 bits per heavy atom. The molecule has 1 heterocycles. The minimum absolute atomic E-state index is 0.930. The molecule has 0 aliphatic carbocycles. The van der Waals surface area contributed by atoms with E-state index in [2.05, 4.69) is 56.7 Å². The molecule has 0 unspecified atom stereocenters. The molecule has 1 rings (SSSR count). The fourth-order valence-electron chi connectivity index (χ4n) is 2.24. The number of hydrogen-bond donors (Lipinski definition) is 1. The highest BCUT2D eigenvalue weighted by atomic mass is 79.9. The average Bonchev–Trinajstić information content (AvgIpc) is 2.72. The Kier molecular flexibility index (Phi) is 7.64. The van der Waals surface area contributed by atoms with Gasteiger partial charge in [0.1, 0.15) is 0 Å². The molecule has 19 heavy (non-hydrogen) atoms. The Hall–Kier alpha value is -0.390. The van der Waals surface area contributed by atoms with Gasteiger partial charge in [0.2, 0.25) is 0 Å². The van der Waals surface area contributed by atoms with Crippen molar-refractivity contribution in [3.8, 4) is 0 Å². The zero-order chi connectivity index (χ0) is 14.3. The highest BCUT2D eigenvalue weighted by Crippen LogP contribution is 2.23. The van der Waals surface area contributed by atoms with Gasteiger partial charge in [-0.15, -0.1) is 0 Å². The van der Waals surface area contributed by atoms with Gasteiger partial charge < -0.3 is 5.32 Å². The van der Waals surface area contributed by atoms with Crippen LogP contribution < -0.4 is 5.32 Å². The first-order valence-electron chi connectivity index (χ1n) is 7.28. The lowest BCUT2D eigenvalue weighted by Crippen LogP contribution is -2.32. The van der Waals surface area contributed by atoms with Gasteiger partial charge in [-0.05, 0) is 49.3 Å². The van der Waals surface area contributed by atoms with E-state index in [-0.39, 0.29) is 0 Å². The van der Waals surface area contributed by atoms with E-state index >= 15 is 0 Å². The molecular formula is C14H27BrN4. The number of halogens is 1. The number of hydrogen-bond acceptors (Lipinski definition) is 3. The third kappa shape index (κ3) is 4.58. The number of nitrogens with zero attached hydrogens (tertiary/aromatic N) is 3. The van der Waals surface area contributed by atoms with Gasteiger partial charge in [-0.3, -0.25) is 9.58 Å². The SMILES string of the molecule is CCCN(CCNC)Cc1c(Br)c(CC)nn1CC. The van der Waals surface area contributed by atoms with Gasteiger partial charge in [-0.1, -0.05) is 13.8 Å². The van der Waals surface area contributed by atoms with Crippen LogP contribution >= 0.6 is 15.9 Å². The second-order valence-electron chi connectivity index (χ2n) is 4.76. The molecule has 4 nitrogen and oxygen atoms in total. The maximum absolute atomic E-state index is 4.67. The van der Waals surface area contributed by atoms with E-state index in [4.69, 9.17) is 0 Å². The van der Waals surface area contributed by atoms with Crippen LogP contribution in [0, 0.1) is 0 Å². The molecule has 0 aromatic carbocycles. The van der Waals surface area contributed by atoms with Crippen molar-refractivity contribution in [2.45, 2.75) is 46.7 Å². The van der Waals surface area contributed by atoms with Crippen molar-refractivity contribution in [2.75, 3.05) is 26.7 Å². The van der Waals surface area contributed by atoms with Gasteiger partial charge in [0.05, 0.1) is 15.9 Å². The van der Waals surface area contributed by atoms with Crippen LogP contribution in [0.2, 0.25) is 0 Å². The maximum atomic E-state index is 4.67. The van der Waals surface area contributed by atoms with Crippen LogP contribution in [0.15, 0.2) is 4.47 Å². The van der Waals surface area contributed by atoms with Gasteiger partial charge in [0, 0.05) is 26.2 Å². The van der Waals surface area contributed by atoms with Crippen LogP contribution in [-0.2, 0) is 19.5 Å². The lowest BCUT2D eigenvalue weighted by molar-refractivity contribution is 0.259. The minimum atomic E-state index is 0.930. The summed E-state index contributed by atoms with van der Waals surface area (Å²) in [7, 11) is 2.01. The van der Waals surface area contributed by atoms with Crippen LogP contribution in [0.4, 0.5) is 0 Å². The molecular weight excluding hydrogens is 304 g/mol. The predicted molar refractivity (Wildman–Crippen MR) is 84.5 cm³/mol. The lowest BCUT2D eigenvalue weighted by Gasteiger charge is -2.22. The number of rotatable bonds is 9. The minimum Gasteiger partial charge on any atom is -0.318 e. The summed E-state index contributed by atoms with van der Waals surface area (Å²) in [6.45, 7) is 11.7. The second-order valence-corrected chi connectivity index (χ2v) is 5.55. The van der Waals surface area contributed by atoms with Crippen molar-refractivity contribution in [2.24, 2.45) is 0 Å². The molecule has 0 aliphatic rings. The van der Waals surface area contributed by atoms with Gasteiger partial charge >= 0.3 is 0 Å². The summed E-state index contributed by atoms with van der Waals surface area (Å²) in [6, 6.07) is 0. The molecule has 1 aromatic heterocycles. The number of nitrogens with one attached hydrogen (secondary N) is 1. The van der Waals surface area contributed by atoms with Gasteiger partial charge in [-0.2, -0.15) is 5.10 Å². The molecule has 0 saturated carbocycles. The monoisotopic (exact) mass is 330 g/mol. The number of aryl methyl sites for hydroxylation is 2. The Labute approximate surface area is 125 Å². The fourth-order valence-corrected chi connectivity index (χ4v) is 2.93. The quantitative estimate of drug-likeness (QED) is 0.755. The Morgan fingerprint density at radius 1 is 1.26 bits per heavy atom. The largest absolute Gasteiger partial charge is 0.318 e. The molecule has 0 bridgehead atoms. The molecule has 0 aliphatic heterocycles. The lowest BCUT2D eigenvalue weighted by atomic mass is 10.2. The average molecular weight is 331 g/mol. The smallest absolute Gasteiger partial charge is 0.0767 e. The predicted octanol–water partition coefficient (Wildman–Crippen LogP) is 2.66. The van der Waals surface area contributed by atoms with Crippen LogP contribution in [-0.4, -0.2) is 41.4 Å². The zero-order valence-electron chi connectivity index (χ0n) is 12.7. The van der Waals surface area contributed by atoms with E-state index in [1.165, 1.54) is 22.3 Å². The normalized spacial score (nSPS) is 11.5. The molecule has 0 saturated heterocycles. The number of aromatic nitrogens is 2. The summed E-state index contributed by atoms with van der Waals surface area (Å²) < 4.78 is 3.33. The first kappa shape index (κ1) is 16.7. The van der Waals surface area contributed by atoms with E-state index in [9.17, 15) is 0 Å². The van der Waals surface area contributed by atoms with Crippen molar-refractivity contribution in [1.82, 2.24) is 20.0 Å². The van der Waals surface area contributed by atoms with E-state index in [1.807, 2.05) is 7.05 Å². The Bertz CT molecular complexity index is 376. The molecule has 0 radical (unpaired) electrons. The fraction of sp³-hybridized carbons (Fsp3) is 0.786. The summed E-state index contributed by atoms with van der Waals surface area (Å²) in [5.74, 6) is 0. The Morgan fingerprint density at radius 3 is 2.53 bits per heavy atom. The van der Waals surface area contributed by atoms with E-state index in [0.717, 1.165) is 39.1 Å². The standard InChI is InChI=1S/C14H27BrN4/c1-5-9-18(10-8-16-4)11-13-14(15)12(6-2)17-19(13)7-3/h16H,5-11H2,1-4H3. The molecule has 0 fully saturated rings. The summed E-state index contributed by atoms with van der Waals surface area (Å²) in [6.07, 6.45) is 2.16. The van der Waals surface area contributed by atoms with Crippen LogP contribution in [0.3, 0.4) is 0 Å². The maximum Gasteiger partial charge on any atom is 0.0767 e. The van der Waals surface area contributed by atoms with Crippen molar-refractivity contribution < 1.29 is 0 Å². The summed E-state index contributed by atoms with van der Waals surface area (Å²) in [4.78, 5) is 2.49. The van der Waals surface area contributed by atoms with Gasteiger partial charge in [-0.25, -0.2) is 0 Å². The molecule has 110 valence electrons. The van der Waals surface area contributed by atoms with E-state index < -0.39 is 0 Å². The van der Waals surface area contributed by atoms with E-state index in [1.54, 1.807) is 0 Å². The third-order valence-corrected chi connectivity index (χ3v) is 4.20. The van der Waals surface area contributed by atoms with E-state index in [0.29, 0.717) is 0 Å². The molecule has 1 N–H and O–H groups in total. The molecule has 0 amide bonds. The zero-order valence-corrected chi connectivity index (χ0v) is 14.3. The highest BCUT2D eigenvalue weighted by Gasteiger charge is 2.16. The Balaban J connectivity index is 2.84. The second kappa shape index (κ2) is 8.72. The molecule has 1 aromatic rings. The van der Waals surface area contributed by atoms with Crippen molar-refractivity contribution in [1.29, 1.82) is 0 Å². The molecule has 0 spiro atoms. The summed E-state index contributed by atoms with van der Waals surface area (Å²) >= 11 is 3.73. The van der Waals surface area contributed by atoms with Gasteiger partial charge in [0.15, 0.2) is 0 Å². The first-order chi connectivity index (χ1) is 9.17. The van der Waals surface area contributed by atoms with Crippen molar-refractivity contribution in [3.63, 3.8) is 0 Å². The molecule has 0 atom stereocenters. The van der Waals surface area contributed by atoms with Crippen LogP contribution in [0.1, 0.15) is 38.6 Å². The van der Waals surface area contributed by atoms with Crippen LogP contribution in [0.5, 0.6) is 0 Å². The summed E-state index contributed by atoms with van der Waals surface area (Å²) in [5, 5.41) is 7.89. The van der Waals surface area contributed by atoms with Crippen LogP contribution in [0.25, 0.3) is 0 Å². The number of likely N-dealkylation sites (N-methyl/N-ethyl adjacent to an activating group) is 1. The topological polar surface area (TPSA) is 33.1 Å². The summed E-state index contributed by atoms with van der Waals surface area (Å²) in [5.41, 5.74) is 2.48. The van der Waals surface area contributed by atoms with Gasteiger partial charge in [0.25, 0.3) is 0 Å². The van der Waals surface area contributed by atoms with Crippen molar-refractivity contribution >= 4 is 15.9 Å².